The van der Waals surface area contributed by atoms with E-state index in [2.05, 4.69) is 15.9 Å². The summed E-state index contributed by atoms with van der Waals surface area (Å²) in [5, 5.41) is 11.9. The number of nitriles is 1. The maximum Gasteiger partial charge on any atom is 0.573 e. The number of ketones is 1. The lowest BCUT2D eigenvalue weighted by Gasteiger charge is -2.31. The third kappa shape index (κ3) is 5.87. The van der Waals surface area contributed by atoms with E-state index in [0.29, 0.717) is 17.5 Å². The summed E-state index contributed by atoms with van der Waals surface area (Å²) >= 11 is 12.0. The van der Waals surface area contributed by atoms with Gasteiger partial charge in [0, 0.05) is 29.3 Å². The molecule has 1 aromatic heterocycles. The maximum absolute atomic E-state index is 14.6. The lowest BCUT2D eigenvalue weighted by molar-refractivity contribution is -0.348. The van der Waals surface area contributed by atoms with Gasteiger partial charge in [0.1, 0.15) is 5.69 Å². The van der Waals surface area contributed by atoms with Crippen LogP contribution in [-0.4, -0.2) is 34.3 Å². The zero-order chi connectivity index (χ0) is 31.5. The van der Waals surface area contributed by atoms with E-state index in [9.17, 15) is 54.0 Å². The van der Waals surface area contributed by atoms with Crippen LogP contribution in [0.3, 0.4) is 0 Å². The van der Waals surface area contributed by atoms with Crippen LogP contribution in [-0.2, 0) is 5.67 Å². The van der Waals surface area contributed by atoms with Crippen LogP contribution in [0, 0.1) is 16.7 Å². The van der Waals surface area contributed by atoms with E-state index in [0.717, 1.165) is 12.4 Å². The lowest BCUT2D eigenvalue weighted by Crippen LogP contribution is -2.50. The Hall–Kier alpha value is -3.51. The largest absolute Gasteiger partial charge is 0.573 e. The van der Waals surface area contributed by atoms with Crippen molar-refractivity contribution in [3.63, 3.8) is 0 Å². The van der Waals surface area contributed by atoms with Crippen LogP contribution in [0.4, 0.5) is 43.9 Å². The number of rotatable bonds is 7. The molecule has 3 aromatic rings. The van der Waals surface area contributed by atoms with E-state index in [1.165, 1.54) is 18.2 Å². The molecule has 0 spiro atoms. The number of carbonyl (C=O) groups excluding carboxylic acids is 1. The minimum atomic E-state index is -6.64. The highest BCUT2D eigenvalue weighted by molar-refractivity contribution is 6.34. The van der Waals surface area contributed by atoms with Gasteiger partial charge in [0.15, 0.2) is 11.5 Å². The Labute approximate surface area is 239 Å². The molecule has 0 radical (unpaired) electrons. The van der Waals surface area contributed by atoms with Crippen LogP contribution < -0.4 is 4.74 Å². The summed E-state index contributed by atoms with van der Waals surface area (Å²) in [5.74, 6) is -2.18. The van der Waals surface area contributed by atoms with Crippen LogP contribution in [0.2, 0.25) is 10.0 Å². The van der Waals surface area contributed by atoms with E-state index in [4.69, 9.17) is 23.2 Å². The number of nitrogens with zero attached hydrogens (tertiary/aromatic N) is 3. The number of Topliss-reactive ketones (excluding diaryl/α,β-unsaturated/α-hetero) is 1. The van der Waals surface area contributed by atoms with Crippen LogP contribution in [0.1, 0.15) is 35.2 Å². The number of alkyl halides is 10. The van der Waals surface area contributed by atoms with E-state index < -0.39 is 63.7 Å². The smallest absolute Gasteiger partial charge is 0.403 e. The first kappa shape index (κ1) is 31.4. The van der Waals surface area contributed by atoms with Gasteiger partial charge in [-0.1, -0.05) is 29.3 Å². The van der Waals surface area contributed by atoms with Crippen LogP contribution in [0.15, 0.2) is 42.7 Å². The topological polar surface area (TPSA) is 67.9 Å². The minimum Gasteiger partial charge on any atom is -0.403 e. The van der Waals surface area contributed by atoms with Crippen LogP contribution in [0.5, 0.6) is 5.75 Å². The summed E-state index contributed by atoms with van der Waals surface area (Å²) in [6, 6.07) is 5.53. The molecular formula is C25H13Cl2F10N3O2. The molecule has 1 aliphatic carbocycles. The third-order valence-electron chi connectivity index (χ3n) is 6.43. The van der Waals surface area contributed by atoms with Gasteiger partial charge in [-0.15, -0.1) is 13.2 Å². The second kappa shape index (κ2) is 10.3. The molecule has 0 N–H and O–H groups in total. The van der Waals surface area contributed by atoms with Crippen molar-refractivity contribution in [1.29, 1.82) is 5.26 Å². The molecule has 1 heterocycles. The molecule has 17 heteroatoms. The van der Waals surface area contributed by atoms with Crippen LogP contribution in [0.25, 0.3) is 16.8 Å². The van der Waals surface area contributed by atoms with Gasteiger partial charge in [-0.3, -0.25) is 4.79 Å². The molecule has 5 nitrogen and oxygen atoms in total. The second-order valence-electron chi connectivity index (χ2n) is 9.37. The number of halogens is 12. The van der Waals surface area contributed by atoms with Crippen molar-refractivity contribution in [2.75, 3.05) is 0 Å². The quantitative estimate of drug-likeness (QED) is 0.190. The number of carbonyl (C=O) groups is 1. The normalized spacial score (nSPS) is 15.3. The van der Waals surface area contributed by atoms with E-state index >= 15 is 0 Å². The lowest BCUT2D eigenvalue weighted by atomic mass is 9.93. The van der Waals surface area contributed by atoms with Gasteiger partial charge in [-0.05, 0) is 42.7 Å². The average Bonchev–Trinajstić information content (AvgIpc) is 3.46. The Balaban J connectivity index is 1.80. The number of aromatic nitrogens is 2. The van der Waals surface area contributed by atoms with Crippen molar-refractivity contribution in [2.24, 2.45) is 5.41 Å². The Morgan fingerprint density at radius 3 is 2.10 bits per heavy atom. The van der Waals surface area contributed by atoms with Crippen LogP contribution >= 0.6 is 23.2 Å². The molecule has 1 fully saturated rings. The number of hydrogen-bond acceptors (Lipinski definition) is 4. The molecule has 0 aliphatic heterocycles. The van der Waals surface area contributed by atoms with Gasteiger partial charge in [0.2, 0.25) is 0 Å². The third-order valence-corrected chi connectivity index (χ3v) is 7.05. The van der Waals surface area contributed by atoms with Gasteiger partial charge in [0.05, 0.1) is 27.7 Å². The zero-order valence-electron chi connectivity index (χ0n) is 20.4. The average molecular weight is 648 g/mol. The van der Waals surface area contributed by atoms with Crippen molar-refractivity contribution in [1.82, 2.24) is 9.78 Å². The van der Waals surface area contributed by atoms with Crippen molar-refractivity contribution < 1.29 is 53.4 Å². The Morgan fingerprint density at radius 2 is 1.57 bits per heavy atom. The summed E-state index contributed by atoms with van der Waals surface area (Å²) in [5.41, 5.74) is -9.85. The molecule has 2 aromatic carbocycles. The summed E-state index contributed by atoms with van der Waals surface area (Å²) < 4.78 is 138. The van der Waals surface area contributed by atoms with Gasteiger partial charge in [-0.25, -0.2) is 9.07 Å². The highest BCUT2D eigenvalue weighted by Gasteiger charge is 2.73. The predicted octanol–water partition coefficient (Wildman–Crippen LogP) is 8.91. The van der Waals surface area contributed by atoms with Crippen molar-refractivity contribution in [3.05, 3.63) is 63.9 Å². The molecule has 1 aliphatic rings. The molecule has 0 unspecified atom stereocenters. The number of benzene rings is 2. The highest BCUT2D eigenvalue weighted by Crippen LogP contribution is 2.55. The fourth-order valence-electron chi connectivity index (χ4n) is 4.08. The molecular weight excluding hydrogens is 635 g/mol. The molecule has 1 saturated carbocycles. The Kier molecular flexibility index (Phi) is 7.74. The van der Waals surface area contributed by atoms with Gasteiger partial charge >= 0.3 is 24.4 Å². The van der Waals surface area contributed by atoms with E-state index in [-0.39, 0.29) is 34.2 Å². The predicted molar refractivity (Wildman–Crippen MR) is 127 cm³/mol. The summed E-state index contributed by atoms with van der Waals surface area (Å²) in [6.45, 7) is 0. The molecule has 0 bridgehead atoms. The fraction of sp³-hybridized carbons (Fsp3) is 0.320. The standard InChI is InChI=1S/C25H13Cl2F10N3O2/c26-16-2-1-12(5-15(16)18(41)8-21(11-38)3-4-21)13-9-39-40(10-13)20-17(27)6-14(7-19(20)42-25(35,36)37)22(28,23(29,30)31)24(32,33)34/h1-2,5-7,9-10H,3-4,8H2. The highest BCUT2D eigenvalue weighted by atomic mass is 35.5. The first-order valence-electron chi connectivity index (χ1n) is 11.4. The molecule has 224 valence electrons. The molecule has 4 rings (SSSR count). The van der Waals surface area contributed by atoms with Gasteiger partial charge in [0.25, 0.3) is 0 Å². The summed E-state index contributed by atoms with van der Waals surface area (Å²) in [6.07, 6.45) is -16.0. The Bertz CT molecular complexity index is 1570. The summed E-state index contributed by atoms with van der Waals surface area (Å²) in [4.78, 5) is 12.8. The second-order valence-corrected chi connectivity index (χ2v) is 10.2. The monoisotopic (exact) mass is 647 g/mol. The first-order valence-corrected chi connectivity index (χ1v) is 12.2. The Morgan fingerprint density at radius 1 is 0.952 bits per heavy atom. The SMILES string of the molecule is N#CC1(CC(=O)c2cc(-c3cnn(-c4c(Cl)cc(C(F)(C(F)(F)F)C(F)(F)F)cc4OC(F)(F)F)c3)ccc2Cl)CC1. The minimum absolute atomic E-state index is 0.0190. The van der Waals surface area contributed by atoms with Gasteiger partial charge in [-0.2, -0.15) is 36.7 Å². The molecule has 0 amide bonds. The van der Waals surface area contributed by atoms with E-state index in [1.54, 1.807) is 0 Å². The van der Waals surface area contributed by atoms with Crippen molar-refractivity contribution in [3.8, 4) is 28.6 Å². The first-order chi connectivity index (χ1) is 19.2. The number of hydrogen-bond donors (Lipinski definition) is 0. The summed E-state index contributed by atoms with van der Waals surface area (Å²) in [7, 11) is 0. The maximum atomic E-state index is 14.6. The van der Waals surface area contributed by atoms with Gasteiger partial charge < -0.3 is 4.74 Å². The molecule has 42 heavy (non-hydrogen) atoms. The molecule has 0 saturated heterocycles. The zero-order valence-corrected chi connectivity index (χ0v) is 21.9. The van der Waals surface area contributed by atoms with Crippen molar-refractivity contribution in [2.45, 2.75) is 43.6 Å². The number of ether oxygens (including phenoxy) is 1. The molecule has 0 atom stereocenters. The fourth-order valence-corrected chi connectivity index (χ4v) is 4.60. The van der Waals surface area contributed by atoms with Crippen molar-refractivity contribution >= 4 is 29.0 Å². The van der Waals surface area contributed by atoms with E-state index in [1.807, 2.05) is 0 Å².